The standard InChI is InChI=1S/C20H27N3O2S/c1-15-8-10-23(11-9-15)13-17-14-26-20(21-17)22-19(24)7-6-16-4-3-5-18(12-16)25-2/h3-5,12,14-15H,6-11,13H2,1-2H3,(H,21,22,24). The second-order valence-corrected chi connectivity index (χ2v) is 7.86. The molecule has 0 saturated carbocycles. The summed E-state index contributed by atoms with van der Waals surface area (Å²) in [4.78, 5) is 19.2. The second-order valence-electron chi connectivity index (χ2n) is 7.00. The molecule has 1 aliphatic rings. The SMILES string of the molecule is COc1cccc(CCC(=O)Nc2nc(CN3CCC(C)CC3)cs2)c1. The molecule has 1 saturated heterocycles. The number of rotatable bonds is 7. The molecule has 2 heterocycles. The lowest BCUT2D eigenvalue weighted by Crippen LogP contribution is -2.32. The highest BCUT2D eigenvalue weighted by molar-refractivity contribution is 7.13. The van der Waals surface area contributed by atoms with E-state index in [2.05, 4.69) is 27.5 Å². The third kappa shape index (κ3) is 5.54. The van der Waals surface area contributed by atoms with E-state index < -0.39 is 0 Å². The van der Waals surface area contributed by atoms with E-state index in [0.29, 0.717) is 18.0 Å². The van der Waals surface area contributed by atoms with Crippen LogP contribution in [-0.2, 0) is 17.8 Å². The molecule has 0 atom stereocenters. The quantitative estimate of drug-likeness (QED) is 0.798. The smallest absolute Gasteiger partial charge is 0.226 e. The number of benzene rings is 1. The molecule has 1 N–H and O–H groups in total. The number of aromatic nitrogens is 1. The van der Waals surface area contributed by atoms with E-state index in [-0.39, 0.29) is 5.91 Å². The summed E-state index contributed by atoms with van der Waals surface area (Å²) in [6, 6.07) is 7.83. The maximum Gasteiger partial charge on any atom is 0.226 e. The molecule has 0 unspecified atom stereocenters. The number of methoxy groups -OCH3 is 1. The fourth-order valence-electron chi connectivity index (χ4n) is 3.15. The minimum absolute atomic E-state index is 0.000479. The van der Waals surface area contributed by atoms with Gasteiger partial charge in [0.15, 0.2) is 5.13 Å². The molecule has 0 radical (unpaired) electrons. The zero-order valence-electron chi connectivity index (χ0n) is 15.5. The van der Waals surface area contributed by atoms with Gasteiger partial charge in [0.1, 0.15) is 5.75 Å². The van der Waals surface area contributed by atoms with Gasteiger partial charge in [0.05, 0.1) is 12.8 Å². The van der Waals surface area contributed by atoms with Crippen LogP contribution < -0.4 is 10.1 Å². The molecule has 0 aliphatic carbocycles. The number of carbonyl (C=O) groups excluding carboxylic acids is 1. The Kier molecular flexibility index (Phi) is 6.63. The van der Waals surface area contributed by atoms with Gasteiger partial charge < -0.3 is 10.1 Å². The van der Waals surface area contributed by atoms with Gasteiger partial charge in [-0.2, -0.15) is 0 Å². The molecular weight excluding hydrogens is 346 g/mol. The highest BCUT2D eigenvalue weighted by Gasteiger charge is 2.17. The first-order valence-electron chi connectivity index (χ1n) is 9.22. The molecule has 1 aliphatic heterocycles. The first-order valence-corrected chi connectivity index (χ1v) is 10.1. The van der Waals surface area contributed by atoms with Crippen LogP contribution in [0.5, 0.6) is 5.75 Å². The monoisotopic (exact) mass is 373 g/mol. The Morgan fingerprint density at radius 3 is 2.96 bits per heavy atom. The second kappa shape index (κ2) is 9.14. The van der Waals surface area contributed by atoms with Gasteiger partial charge in [0, 0.05) is 18.3 Å². The van der Waals surface area contributed by atoms with Crippen LogP contribution in [0.1, 0.15) is 37.4 Å². The maximum atomic E-state index is 12.2. The number of piperidine rings is 1. The van der Waals surface area contributed by atoms with E-state index in [1.807, 2.05) is 24.3 Å². The fourth-order valence-corrected chi connectivity index (χ4v) is 3.87. The largest absolute Gasteiger partial charge is 0.497 e. The normalized spacial score (nSPS) is 15.8. The number of amides is 1. The van der Waals surface area contributed by atoms with Gasteiger partial charge in [-0.25, -0.2) is 4.98 Å². The van der Waals surface area contributed by atoms with E-state index in [4.69, 9.17) is 4.74 Å². The topological polar surface area (TPSA) is 54.5 Å². The highest BCUT2D eigenvalue weighted by atomic mass is 32.1. The van der Waals surface area contributed by atoms with E-state index in [0.717, 1.165) is 42.6 Å². The van der Waals surface area contributed by atoms with Crippen molar-refractivity contribution in [2.45, 2.75) is 39.2 Å². The Bertz CT molecular complexity index is 723. The molecule has 2 aromatic rings. The first kappa shape index (κ1) is 18.9. The van der Waals surface area contributed by atoms with Crippen LogP contribution in [0.3, 0.4) is 0 Å². The minimum Gasteiger partial charge on any atom is -0.497 e. The minimum atomic E-state index is 0.000479. The van der Waals surface area contributed by atoms with E-state index >= 15 is 0 Å². The van der Waals surface area contributed by atoms with Gasteiger partial charge in [0.25, 0.3) is 0 Å². The van der Waals surface area contributed by atoms with Crippen molar-refractivity contribution in [1.29, 1.82) is 0 Å². The van der Waals surface area contributed by atoms with E-state index in [1.54, 1.807) is 7.11 Å². The van der Waals surface area contributed by atoms with Crippen molar-refractivity contribution in [3.63, 3.8) is 0 Å². The molecule has 1 fully saturated rings. The van der Waals surface area contributed by atoms with Crippen LogP contribution >= 0.6 is 11.3 Å². The summed E-state index contributed by atoms with van der Waals surface area (Å²) in [5.74, 6) is 1.65. The molecule has 6 heteroatoms. The zero-order valence-corrected chi connectivity index (χ0v) is 16.3. The summed E-state index contributed by atoms with van der Waals surface area (Å²) in [5.41, 5.74) is 2.14. The lowest BCUT2D eigenvalue weighted by molar-refractivity contribution is -0.116. The number of ether oxygens (including phenoxy) is 1. The predicted molar refractivity (Wildman–Crippen MR) is 106 cm³/mol. The van der Waals surface area contributed by atoms with Crippen LogP contribution in [0.25, 0.3) is 0 Å². The van der Waals surface area contributed by atoms with Crippen molar-refractivity contribution >= 4 is 22.4 Å². The van der Waals surface area contributed by atoms with E-state index in [9.17, 15) is 4.79 Å². The number of aryl methyl sites for hydroxylation is 1. The Morgan fingerprint density at radius 1 is 1.38 bits per heavy atom. The molecule has 5 nitrogen and oxygen atoms in total. The first-order chi connectivity index (χ1) is 12.6. The molecular formula is C20H27N3O2S. The van der Waals surface area contributed by atoms with Gasteiger partial charge >= 0.3 is 0 Å². The molecule has 1 amide bonds. The molecule has 26 heavy (non-hydrogen) atoms. The van der Waals surface area contributed by atoms with Gasteiger partial charge in [-0.15, -0.1) is 11.3 Å². The van der Waals surface area contributed by atoms with Crippen molar-refractivity contribution in [2.75, 3.05) is 25.5 Å². The third-order valence-corrected chi connectivity index (χ3v) is 5.64. The summed E-state index contributed by atoms with van der Waals surface area (Å²) in [5, 5.41) is 5.67. The molecule has 0 bridgehead atoms. The van der Waals surface area contributed by atoms with Crippen LogP contribution in [0.2, 0.25) is 0 Å². The van der Waals surface area contributed by atoms with Crippen molar-refractivity contribution in [3.05, 3.63) is 40.9 Å². The number of likely N-dealkylation sites (tertiary alicyclic amines) is 1. The number of hydrogen-bond acceptors (Lipinski definition) is 5. The number of nitrogens with zero attached hydrogens (tertiary/aromatic N) is 2. The number of thiazole rings is 1. The lowest BCUT2D eigenvalue weighted by atomic mass is 9.99. The lowest BCUT2D eigenvalue weighted by Gasteiger charge is -2.29. The average molecular weight is 374 g/mol. The Balaban J connectivity index is 1.45. The highest BCUT2D eigenvalue weighted by Crippen LogP contribution is 2.21. The number of nitrogens with one attached hydrogen (secondary N) is 1. The van der Waals surface area contributed by atoms with Crippen molar-refractivity contribution in [1.82, 2.24) is 9.88 Å². The maximum absolute atomic E-state index is 12.2. The Morgan fingerprint density at radius 2 is 2.19 bits per heavy atom. The van der Waals surface area contributed by atoms with Gasteiger partial charge in [-0.3, -0.25) is 9.69 Å². The van der Waals surface area contributed by atoms with Gasteiger partial charge in [-0.1, -0.05) is 19.1 Å². The fraction of sp³-hybridized carbons (Fsp3) is 0.500. The van der Waals surface area contributed by atoms with Crippen LogP contribution in [-0.4, -0.2) is 36.0 Å². The van der Waals surface area contributed by atoms with Crippen LogP contribution in [0.4, 0.5) is 5.13 Å². The van der Waals surface area contributed by atoms with Crippen molar-refractivity contribution in [3.8, 4) is 5.75 Å². The number of carbonyl (C=O) groups is 1. The molecule has 3 rings (SSSR count). The Labute approximate surface area is 159 Å². The molecule has 140 valence electrons. The summed E-state index contributed by atoms with van der Waals surface area (Å²) in [6.07, 6.45) is 3.65. The molecule has 1 aromatic carbocycles. The van der Waals surface area contributed by atoms with Gasteiger partial charge in [0.2, 0.25) is 5.91 Å². The third-order valence-electron chi connectivity index (χ3n) is 4.83. The number of hydrogen-bond donors (Lipinski definition) is 1. The summed E-state index contributed by atoms with van der Waals surface area (Å²) in [6.45, 7) is 5.48. The Hall–Kier alpha value is -1.92. The summed E-state index contributed by atoms with van der Waals surface area (Å²) >= 11 is 1.51. The summed E-state index contributed by atoms with van der Waals surface area (Å²) < 4.78 is 5.22. The molecule has 0 spiro atoms. The van der Waals surface area contributed by atoms with Crippen molar-refractivity contribution < 1.29 is 9.53 Å². The average Bonchev–Trinajstić information content (AvgIpc) is 3.09. The van der Waals surface area contributed by atoms with Crippen LogP contribution in [0.15, 0.2) is 29.6 Å². The predicted octanol–water partition coefficient (Wildman–Crippen LogP) is 3.95. The molecule has 1 aromatic heterocycles. The van der Waals surface area contributed by atoms with Crippen molar-refractivity contribution in [2.24, 2.45) is 5.92 Å². The zero-order chi connectivity index (χ0) is 18.4. The number of anilines is 1. The summed E-state index contributed by atoms with van der Waals surface area (Å²) in [7, 11) is 1.65. The van der Waals surface area contributed by atoms with Gasteiger partial charge in [-0.05, 0) is 56.0 Å². The van der Waals surface area contributed by atoms with Crippen LogP contribution in [0, 0.1) is 5.92 Å². The van der Waals surface area contributed by atoms with E-state index in [1.165, 1.54) is 24.2 Å².